The Balaban J connectivity index is 1.14. The van der Waals surface area contributed by atoms with E-state index in [2.05, 4.69) is 173 Å². The van der Waals surface area contributed by atoms with Crippen LogP contribution < -0.4 is 0 Å². The fourth-order valence-corrected chi connectivity index (χ4v) is 8.55. The van der Waals surface area contributed by atoms with E-state index in [-0.39, 0.29) is 0 Å². The van der Waals surface area contributed by atoms with Gasteiger partial charge in [0.1, 0.15) is 5.82 Å². The van der Waals surface area contributed by atoms with E-state index in [0.717, 1.165) is 51.0 Å². The lowest BCUT2D eigenvalue weighted by molar-refractivity contribution is 1.15. The number of aliphatic imine (C=N–C) groups is 1. The molecule has 7 aromatic carbocycles. The van der Waals surface area contributed by atoms with Gasteiger partial charge in [-0.2, -0.15) is 0 Å². The zero-order chi connectivity index (χ0) is 35.0. The zero-order valence-electron chi connectivity index (χ0n) is 28.9. The van der Waals surface area contributed by atoms with Crippen molar-refractivity contribution in [3.05, 3.63) is 182 Å². The summed E-state index contributed by atoms with van der Waals surface area (Å²) in [5, 5.41) is 9.66. The van der Waals surface area contributed by atoms with Gasteiger partial charge in [0.2, 0.25) is 0 Å². The molecule has 0 N–H and O–H groups in total. The third-order valence-corrected chi connectivity index (χ3v) is 10.9. The van der Waals surface area contributed by atoms with Gasteiger partial charge in [0, 0.05) is 50.6 Å². The molecule has 0 saturated carbocycles. The molecule has 11 rings (SSSR count). The highest BCUT2D eigenvalue weighted by molar-refractivity contribution is 6.23. The van der Waals surface area contributed by atoms with E-state index in [9.17, 15) is 0 Å². The number of aromatic nitrogens is 3. The molecule has 53 heavy (non-hydrogen) atoms. The lowest BCUT2D eigenvalue weighted by Crippen LogP contribution is -1.96. The van der Waals surface area contributed by atoms with Crippen molar-refractivity contribution >= 4 is 82.8 Å². The van der Waals surface area contributed by atoms with Crippen LogP contribution in [0.2, 0.25) is 0 Å². The van der Waals surface area contributed by atoms with Crippen LogP contribution in [0.1, 0.15) is 11.3 Å². The molecule has 0 spiro atoms. The van der Waals surface area contributed by atoms with Crippen LogP contribution in [0.15, 0.2) is 176 Å². The first kappa shape index (κ1) is 29.7. The Bertz CT molecular complexity index is 3200. The Morgan fingerprint density at radius 3 is 2.08 bits per heavy atom. The number of rotatable bonds is 3. The third kappa shape index (κ3) is 4.49. The summed E-state index contributed by atoms with van der Waals surface area (Å²) >= 11 is 0. The van der Waals surface area contributed by atoms with Gasteiger partial charge in [0.15, 0.2) is 0 Å². The SMILES string of the molecule is C=C1/C=N\C(n2c3ccc(-c4ccc5c(c4)c4ccccc4n5-c4ccccc4)cc3c3c4ccccc4ccc32)=C/Cc2cccc3ccnc1c23. The molecule has 3 aromatic heterocycles. The number of fused-ring (bicyclic) bond motifs is 8. The largest absolute Gasteiger partial charge is 0.309 e. The minimum atomic E-state index is 0.722. The van der Waals surface area contributed by atoms with Crippen molar-refractivity contribution in [2.24, 2.45) is 4.99 Å². The van der Waals surface area contributed by atoms with Gasteiger partial charge in [0.25, 0.3) is 0 Å². The van der Waals surface area contributed by atoms with E-state index in [0.29, 0.717) is 0 Å². The first-order chi connectivity index (χ1) is 26.2. The van der Waals surface area contributed by atoms with Crippen molar-refractivity contribution in [2.45, 2.75) is 6.42 Å². The average molecular weight is 677 g/mol. The summed E-state index contributed by atoms with van der Waals surface area (Å²) in [5.74, 6) is 0.870. The van der Waals surface area contributed by atoms with Gasteiger partial charge in [-0.15, -0.1) is 0 Å². The summed E-state index contributed by atoms with van der Waals surface area (Å²) in [4.78, 5) is 9.90. The molecule has 1 aliphatic heterocycles. The maximum absolute atomic E-state index is 5.15. The average Bonchev–Trinajstić information content (AvgIpc) is 3.74. The molecule has 0 unspecified atom stereocenters. The van der Waals surface area contributed by atoms with E-state index >= 15 is 0 Å². The second-order valence-electron chi connectivity index (χ2n) is 13.9. The van der Waals surface area contributed by atoms with Gasteiger partial charge >= 0.3 is 0 Å². The first-order valence-corrected chi connectivity index (χ1v) is 18.1. The molecule has 0 aliphatic carbocycles. The van der Waals surface area contributed by atoms with E-state index in [1.54, 1.807) is 0 Å². The van der Waals surface area contributed by atoms with Crippen LogP contribution in [-0.4, -0.2) is 20.3 Å². The van der Waals surface area contributed by atoms with Crippen LogP contribution in [0.5, 0.6) is 0 Å². The lowest BCUT2D eigenvalue weighted by Gasteiger charge is -2.10. The molecule has 0 amide bonds. The van der Waals surface area contributed by atoms with E-state index in [1.165, 1.54) is 60.0 Å². The molecule has 248 valence electrons. The third-order valence-electron chi connectivity index (χ3n) is 10.9. The van der Waals surface area contributed by atoms with Gasteiger partial charge in [-0.3, -0.25) is 9.55 Å². The fourth-order valence-electron chi connectivity index (χ4n) is 8.55. The second kappa shape index (κ2) is 11.5. The molecule has 0 radical (unpaired) electrons. The molecular formula is C49H32N4. The molecule has 4 heteroatoms. The zero-order valence-corrected chi connectivity index (χ0v) is 28.9. The van der Waals surface area contributed by atoms with E-state index < -0.39 is 0 Å². The molecule has 4 heterocycles. The van der Waals surface area contributed by atoms with Gasteiger partial charge in [-0.1, -0.05) is 104 Å². The highest BCUT2D eigenvalue weighted by Gasteiger charge is 2.19. The number of para-hydroxylation sites is 2. The lowest BCUT2D eigenvalue weighted by atomic mass is 9.98. The maximum Gasteiger partial charge on any atom is 0.133 e. The molecular weight excluding hydrogens is 645 g/mol. The van der Waals surface area contributed by atoms with Crippen LogP contribution in [0.3, 0.4) is 0 Å². The Kier molecular flexibility index (Phi) is 6.43. The maximum atomic E-state index is 5.15. The van der Waals surface area contributed by atoms with Crippen molar-refractivity contribution in [1.29, 1.82) is 0 Å². The van der Waals surface area contributed by atoms with Crippen LogP contribution in [-0.2, 0) is 6.42 Å². The number of pyridine rings is 1. The fraction of sp³-hybridized carbons (Fsp3) is 0.0204. The van der Waals surface area contributed by atoms with Crippen LogP contribution in [0.4, 0.5) is 0 Å². The van der Waals surface area contributed by atoms with Gasteiger partial charge in [-0.05, 0) is 99.9 Å². The summed E-state index contributed by atoms with van der Waals surface area (Å²) in [6.07, 6.45) is 6.71. The Hall–Kier alpha value is -7.04. The van der Waals surface area contributed by atoms with Crippen LogP contribution >= 0.6 is 0 Å². The Labute approximate surface area is 305 Å². The van der Waals surface area contributed by atoms with Crippen molar-refractivity contribution in [3.63, 3.8) is 0 Å². The van der Waals surface area contributed by atoms with Gasteiger partial charge in [0.05, 0.1) is 27.8 Å². The highest BCUT2D eigenvalue weighted by Crippen LogP contribution is 2.41. The number of allylic oxidation sites excluding steroid dienone is 2. The molecule has 0 bridgehead atoms. The molecule has 0 saturated heterocycles. The summed E-state index contributed by atoms with van der Waals surface area (Å²) in [6, 6.07) is 54.8. The predicted octanol–water partition coefficient (Wildman–Crippen LogP) is 12.4. The van der Waals surface area contributed by atoms with E-state index in [1.807, 2.05) is 12.4 Å². The standard InChI is InChI=1S/C49H32N4/c1-31-30-51-46(25-21-33-11-9-12-34-26-27-50-49(31)47(33)34)53-44-23-20-36(29-41(44)48-38-15-6-5-10-32(38)18-24-45(48)53)35-19-22-43-40(28-35)39-16-7-8-17-42(39)52(43)37-13-3-2-4-14-37/h2-20,22-30H,1,21H2/b46-25+,51-30-. The number of hydrogen-bond acceptors (Lipinski definition) is 2. The minimum absolute atomic E-state index is 0.722. The summed E-state index contributed by atoms with van der Waals surface area (Å²) < 4.78 is 4.69. The van der Waals surface area contributed by atoms with Crippen molar-refractivity contribution in [2.75, 3.05) is 0 Å². The Morgan fingerprint density at radius 2 is 1.21 bits per heavy atom. The topological polar surface area (TPSA) is 35.1 Å². The molecule has 0 fully saturated rings. The highest BCUT2D eigenvalue weighted by atomic mass is 15.1. The summed E-state index contributed by atoms with van der Waals surface area (Å²) in [5.41, 5.74) is 11.1. The van der Waals surface area contributed by atoms with Crippen molar-refractivity contribution in [1.82, 2.24) is 14.1 Å². The molecule has 10 aromatic rings. The second-order valence-corrected chi connectivity index (χ2v) is 13.9. The van der Waals surface area contributed by atoms with Gasteiger partial charge in [-0.25, -0.2) is 4.99 Å². The number of nitrogens with zero attached hydrogens (tertiary/aromatic N) is 4. The minimum Gasteiger partial charge on any atom is -0.309 e. The number of hydrogen-bond donors (Lipinski definition) is 0. The smallest absolute Gasteiger partial charge is 0.133 e. The normalized spacial score (nSPS) is 14.9. The predicted molar refractivity (Wildman–Crippen MR) is 224 cm³/mol. The van der Waals surface area contributed by atoms with Crippen molar-refractivity contribution in [3.8, 4) is 16.8 Å². The monoisotopic (exact) mass is 676 g/mol. The molecule has 0 atom stereocenters. The number of benzene rings is 7. The van der Waals surface area contributed by atoms with Crippen molar-refractivity contribution < 1.29 is 0 Å². The van der Waals surface area contributed by atoms with Crippen LogP contribution in [0.25, 0.3) is 93.4 Å². The van der Waals surface area contributed by atoms with Gasteiger partial charge < -0.3 is 4.57 Å². The first-order valence-electron chi connectivity index (χ1n) is 18.1. The van der Waals surface area contributed by atoms with E-state index in [4.69, 9.17) is 9.98 Å². The van der Waals surface area contributed by atoms with Crippen LogP contribution in [0, 0.1) is 0 Å². The molecule has 4 nitrogen and oxygen atoms in total. The summed E-state index contributed by atoms with van der Waals surface area (Å²) in [6.45, 7) is 4.42. The Morgan fingerprint density at radius 1 is 0.509 bits per heavy atom. The quantitative estimate of drug-likeness (QED) is 0.183. The molecule has 1 aliphatic rings. The summed E-state index contributed by atoms with van der Waals surface area (Å²) in [7, 11) is 0.